The van der Waals surface area contributed by atoms with Gasteiger partial charge < -0.3 is 14.6 Å². The van der Waals surface area contributed by atoms with Gasteiger partial charge in [-0.3, -0.25) is 19.3 Å². The normalized spacial score (nSPS) is 14.9. The highest BCUT2D eigenvalue weighted by Gasteiger charge is 2.36. The molecule has 7 nitrogen and oxygen atoms in total. The monoisotopic (exact) mass is 505 g/mol. The first kappa shape index (κ1) is 22.9. The molecule has 0 spiro atoms. The smallest absolute Gasteiger partial charge is 0.323 e. The molecule has 9 heteroatoms. The van der Waals surface area contributed by atoms with Crippen molar-refractivity contribution in [3.8, 4) is 11.5 Å². The molecule has 0 aromatic heterocycles. The Hall–Kier alpha value is -2.78. The van der Waals surface area contributed by atoms with Crippen molar-refractivity contribution in [1.29, 1.82) is 0 Å². The average Bonchev–Trinajstić information content (AvgIpc) is 2.94. The number of carbonyl (C=O) groups excluding carboxylic acids is 2. The predicted molar refractivity (Wildman–Crippen MR) is 121 cm³/mol. The Balaban J connectivity index is 1.86. The molecule has 2 aromatic carbocycles. The lowest BCUT2D eigenvalue weighted by atomic mass is 10.1. The molecule has 0 aliphatic carbocycles. The van der Waals surface area contributed by atoms with Gasteiger partial charge in [0, 0.05) is 0 Å². The van der Waals surface area contributed by atoms with Gasteiger partial charge >= 0.3 is 5.97 Å². The largest absolute Gasteiger partial charge is 0.490 e. The first-order valence-corrected chi connectivity index (χ1v) is 11.0. The number of aliphatic carboxylic acids is 1. The summed E-state index contributed by atoms with van der Waals surface area (Å²) < 4.78 is 12.3. The van der Waals surface area contributed by atoms with Crippen LogP contribution < -0.4 is 9.47 Å². The summed E-state index contributed by atoms with van der Waals surface area (Å²) in [5.41, 5.74) is 2.77. The molecule has 0 saturated carbocycles. The third kappa shape index (κ3) is 5.68. The van der Waals surface area contributed by atoms with E-state index < -0.39 is 23.7 Å². The molecule has 2 amide bonds. The second-order valence-electron chi connectivity index (χ2n) is 6.70. The van der Waals surface area contributed by atoms with Crippen LogP contribution in [0.15, 0.2) is 45.8 Å². The SMILES string of the molecule is CCOc1cc(/C=C2/SC(=O)N(CC(=O)O)C2=O)cc(Br)c1OCc1cccc(C)c1. The molecular weight excluding hydrogens is 486 g/mol. The van der Waals surface area contributed by atoms with Gasteiger partial charge in [-0.25, -0.2) is 0 Å². The fourth-order valence-corrected chi connectivity index (χ4v) is 4.37. The Morgan fingerprint density at radius 2 is 2.00 bits per heavy atom. The maximum absolute atomic E-state index is 12.4. The quantitative estimate of drug-likeness (QED) is 0.512. The number of thioether (sulfide) groups is 1. The topological polar surface area (TPSA) is 93.1 Å². The van der Waals surface area contributed by atoms with Crippen LogP contribution in [0.1, 0.15) is 23.6 Å². The number of amides is 2. The maximum Gasteiger partial charge on any atom is 0.323 e. The molecule has 1 N–H and O–H groups in total. The number of rotatable bonds is 8. The summed E-state index contributed by atoms with van der Waals surface area (Å²) in [7, 11) is 0. The van der Waals surface area contributed by atoms with Crippen molar-refractivity contribution >= 4 is 50.9 Å². The number of carboxylic acids is 1. The summed E-state index contributed by atoms with van der Waals surface area (Å²) in [6.07, 6.45) is 1.53. The van der Waals surface area contributed by atoms with Crippen molar-refractivity contribution in [2.24, 2.45) is 0 Å². The molecule has 1 saturated heterocycles. The standard InChI is InChI=1S/C22H20BrNO6S/c1-3-29-17-9-15(10-18-21(27)24(11-19(25)26)22(28)31-18)8-16(23)20(17)30-12-14-6-4-5-13(2)7-14/h4-10H,3,11-12H2,1-2H3,(H,25,26)/b18-10+. The number of carboxylic acid groups (broad SMARTS) is 1. The molecule has 0 bridgehead atoms. The molecule has 1 aliphatic heterocycles. The van der Waals surface area contributed by atoms with Crippen molar-refractivity contribution in [3.05, 3.63) is 62.5 Å². The zero-order valence-corrected chi connectivity index (χ0v) is 19.3. The van der Waals surface area contributed by atoms with Gasteiger partial charge in [-0.15, -0.1) is 0 Å². The molecular formula is C22H20BrNO6S. The van der Waals surface area contributed by atoms with E-state index in [-0.39, 0.29) is 4.91 Å². The summed E-state index contributed by atoms with van der Waals surface area (Å²) in [6, 6.07) is 11.5. The fraction of sp³-hybridized carbons (Fsp3) is 0.227. The number of aryl methyl sites for hydroxylation is 1. The number of benzene rings is 2. The van der Waals surface area contributed by atoms with E-state index in [9.17, 15) is 14.4 Å². The second kappa shape index (κ2) is 10.0. The van der Waals surface area contributed by atoms with E-state index in [0.29, 0.717) is 51.4 Å². The highest BCUT2D eigenvalue weighted by molar-refractivity contribution is 9.10. The lowest BCUT2D eigenvalue weighted by Gasteiger charge is -2.15. The van der Waals surface area contributed by atoms with Crippen LogP contribution in [0.2, 0.25) is 0 Å². The Morgan fingerprint density at radius 3 is 2.68 bits per heavy atom. The Kier molecular flexibility index (Phi) is 7.40. The summed E-state index contributed by atoms with van der Waals surface area (Å²) in [5, 5.41) is 8.27. The fourth-order valence-electron chi connectivity index (χ4n) is 2.95. The molecule has 3 rings (SSSR count). The first-order valence-electron chi connectivity index (χ1n) is 9.40. The zero-order valence-electron chi connectivity index (χ0n) is 16.9. The summed E-state index contributed by atoms with van der Waals surface area (Å²) in [5.74, 6) is -0.869. The van der Waals surface area contributed by atoms with Gasteiger partial charge in [-0.05, 0) is 70.9 Å². The Labute approximate surface area is 192 Å². The lowest BCUT2D eigenvalue weighted by molar-refractivity contribution is -0.140. The maximum atomic E-state index is 12.4. The second-order valence-corrected chi connectivity index (χ2v) is 8.55. The van der Waals surface area contributed by atoms with Crippen LogP contribution in [0.4, 0.5) is 4.79 Å². The highest BCUT2D eigenvalue weighted by atomic mass is 79.9. The van der Waals surface area contributed by atoms with Crippen LogP contribution in [0.5, 0.6) is 11.5 Å². The molecule has 1 fully saturated rings. The molecule has 2 aromatic rings. The zero-order chi connectivity index (χ0) is 22.5. The third-order valence-corrected chi connectivity index (χ3v) is 5.76. The third-order valence-electron chi connectivity index (χ3n) is 4.26. The van der Waals surface area contributed by atoms with Crippen molar-refractivity contribution in [2.75, 3.05) is 13.2 Å². The van der Waals surface area contributed by atoms with Crippen molar-refractivity contribution in [1.82, 2.24) is 4.90 Å². The van der Waals surface area contributed by atoms with Gasteiger partial charge in [-0.2, -0.15) is 0 Å². The molecule has 0 radical (unpaired) electrons. The number of carbonyl (C=O) groups is 3. The van der Waals surface area contributed by atoms with Crippen LogP contribution in [-0.4, -0.2) is 40.3 Å². The molecule has 162 valence electrons. The summed E-state index contributed by atoms with van der Waals surface area (Å²) >= 11 is 4.20. The summed E-state index contributed by atoms with van der Waals surface area (Å²) in [6.45, 7) is 3.96. The molecule has 1 aliphatic rings. The van der Waals surface area contributed by atoms with Gasteiger partial charge in [0.2, 0.25) is 0 Å². The van der Waals surface area contributed by atoms with Crippen molar-refractivity contribution in [3.63, 3.8) is 0 Å². The van der Waals surface area contributed by atoms with E-state index >= 15 is 0 Å². The van der Waals surface area contributed by atoms with E-state index in [2.05, 4.69) is 15.9 Å². The number of hydrogen-bond acceptors (Lipinski definition) is 6. The van der Waals surface area contributed by atoms with Gasteiger partial charge in [0.05, 0.1) is 16.0 Å². The minimum absolute atomic E-state index is 0.147. The molecule has 1 heterocycles. The number of halogens is 1. The number of imide groups is 1. The highest BCUT2D eigenvalue weighted by Crippen LogP contribution is 2.39. The molecule has 31 heavy (non-hydrogen) atoms. The van der Waals surface area contributed by atoms with E-state index in [0.717, 1.165) is 11.1 Å². The summed E-state index contributed by atoms with van der Waals surface area (Å²) in [4.78, 5) is 36.1. The minimum atomic E-state index is -1.25. The van der Waals surface area contributed by atoms with Gasteiger partial charge in [0.15, 0.2) is 11.5 Å². The van der Waals surface area contributed by atoms with E-state index in [4.69, 9.17) is 14.6 Å². The van der Waals surface area contributed by atoms with E-state index in [1.165, 1.54) is 6.08 Å². The van der Waals surface area contributed by atoms with Crippen LogP contribution in [-0.2, 0) is 16.2 Å². The van der Waals surface area contributed by atoms with Gasteiger partial charge in [0.1, 0.15) is 13.2 Å². The lowest BCUT2D eigenvalue weighted by Crippen LogP contribution is -2.33. The van der Waals surface area contributed by atoms with E-state index in [1.807, 2.05) is 38.1 Å². The predicted octanol–water partition coefficient (Wildman–Crippen LogP) is 4.86. The van der Waals surface area contributed by atoms with Crippen LogP contribution >= 0.6 is 27.7 Å². The molecule has 0 atom stereocenters. The average molecular weight is 506 g/mol. The van der Waals surface area contributed by atoms with Crippen molar-refractivity contribution < 1.29 is 29.0 Å². The minimum Gasteiger partial charge on any atom is -0.490 e. The molecule has 0 unspecified atom stereocenters. The van der Waals surface area contributed by atoms with Gasteiger partial charge in [0.25, 0.3) is 11.1 Å². The Morgan fingerprint density at radius 1 is 1.23 bits per heavy atom. The number of ether oxygens (including phenoxy) is 2. The van der Waals surface area contributed by atoms with Crippen LogP contribution in [0, 0.1) is 6.92 Å². The Bertz CT molecular complexity index is 1070. The van der Waals surface area contributed by atoms with Gasteiger partial charge in [-0.1, -0.05) is 29.8 Å². The van der Waals surface area contributed by atoms with E-state index in [1.54, 1.807) is 12.1 Å². The van der Waals surface area contributed by atoms with Crippen molar-refractivity contribution in [2.45, 2.75) is 20.5 Å². The van der Waals surface area contributed by atoms with Crippen LogP contribution in [0.25, 0.3) is 6.08 Å². The number of nitrogens with zero attached hydrogens (tertiary/aromatic N) is 1. The number of hydrogen-bond donors (Lipinski definition) is 1. The first-order chi connectivity index (χ1) is 14.8. The van der Waals surface area contributed by atoms with Crippen LogP contribution in [0.3, 0.4) is 0 Å².